The van der Waals surface area contributed by atoms with Crippen molar-refractivity contribution in [2.24, 2.45) is 5.16 Å². The van der Waals surface area contributed by atoms with E-state index < -0.39 is 29.2 Å². The number of oxime groups is 1. The van der Waals surface area contributed by atoms with Crippen molar-refractivity contribution in [3.8, 4) is 0 Å². The molecule has 1 aliphatic carbocycles. The van der Waals surface area contributed by atoms with Gasteiger partial charge < -0.3 is 21.0 Å². The van der Waals surface area contributed by atoms with E-state index >= 15 is 0 Å². The Bertz CT molecular complexity index is 1230. The van der Waals surface area contributed by atoms with Crippen LogP contribution in [0.3, 0.4) is 0 Å². The predicted molar refractivity (Wildman–Crippen MR) is 129 cm³/mol. The number of hydrogen-bond donors (Lipinski definition) is 4. The van der Waals surface area contributed by atoms with Crippen LogP contribution < -0.4 is 11.1 Å². The third-order valence-corrected chi connectivity index (χ3v) is 8.51. The van der Waals surface area contributed by atoms with Crippen LogP contribution in [-0.4, -0.2) is 92.5 Å². The minimum absolute atomic E-state index is 0.000166. The normalized spacial score (nSPS) is 22.4. The van der Waals surface area contributed by atoms with E-state index in [0.29, 0.717) is 16.5 Å². The van der Waals surface area contributed by atoms with Gasteiger partial charge in [0.1, 0.15) is 23.2 Å². The molecule has 5 rings (SSSR count). The minimum atomic E-state index is -1.23. The van der Waals surface area contributed by atoms with Crippen LogP contribution in [0, 0.1) is 0 Å². The van der Waals surface area contributed by atoms with Crippen molar-refractivity contribution in [3.05, 3.63) is 17.1 Å². The van der Waals surface area contributed by atoms with Gasteiger partial charge in [0, 0.05) is 23.0 Å². The number of nitrogens with zero attached hydrogens (tertiary/aromatic N) is 7. The molecule has 15 nitrogen and oxygen atoms in total. The third-order valence-electron chi connectivity index (χ3n) is 5.70. The summed E-state index contributed by atoms with van der Waals surface area (Å²) in [5.41, 5.74) is 5.93. The van der Waals surface area contributed by atoms with E-state index in [1.165, 1.54) is 28.4 Å². The van der Waals surface area contributed by atoms with Crippen molar-refractivity contribution < 1.29 is 24.3 Å². The monoisotopic (exact) mass is 552 g/mol. The lowest BCUT2D eigenvalue weighted by Crippen LogP contribution is -2.71. The van der Waals surface area contributed by atoms with Crippen LogP contribution >= 0.6 is 35.1 Å². The van der Waals surface area contributed by atoms with Gasteiger partial charge in [-0.25, -0.2) is 4.79 Å². The quantitative estimate of drug-likeness (QED) is 0.138. The number of carbonyl (C=O) groups excluding carboxylic acids is 2. The van der Waals surface area contributed by atoms with E-state index in [1.807, 2.05) is 0 Å². The molecule has 3 aliphatic rings. The van der Waals surface area contributed by atoms with Gasteiger partial charge in [-0.2, -0.15) is 14.6 Å². The number of β-lactam (4-membered cyclic amide) rings is 1. The Morgan fingerprint density at radius 2 is 2.17 bits per heavy atom. The molecule has 2 aliphatic heterocycles. The van der Waals surface area contributed by atoms with Gasteiger partial charge in [0.15, 0.2) is 5.13 Å². The molecular formula is C18H20N10O5S3. The molecule has 2 amide bonds. The van der Waals surface area contributed by atoms with Crippen LogP contribution in [-0.2, 0) is 19.2 Å². The van der Waals surface area contributed by atoms with E-state index in [4.69, 9.17) is 10.6 Å². The number of rotatable bonds is 9. The lowest BCUT2D eigenvalue weighted by atomic mass is 10.0. The van der Waals surface area contributed by atoms with Crippen molar-refractivity contribution in [1.82, 2.24) is 40.2 Å². The molecule has 1 saturated heterocycles. The van der Waals surface area contributed by atoms with Gasteiger partial charge in [0.25, 0.3) is 11.8 Å². The second kappa shape index (κ2) is 10.4. The molecule has 0 spiro atoms. The number of anilines is 1. The molecule has 190 valence electrons. The fourth-order valence-electron chi connectivity index (χ4n) is 4.01. The van der Waals surface area contributed by atoms with E-state index in [0.717, 1.165) is 37.2 Å². The van der Waals surface area contributed by atoms with Crippen molar-refractivity contribution >= 4 is 63.7 Å². The summed E-state index contributed by atoms with van der Waals surface area (Å²) in [4.78, 5) is 48.9. The van der Waals surface area contributed by atoms with E-state index in [2.05, 4.69) is 40.5 Å². The number of aromatic amines is 1. The first-order chi connectivity index (χ1) is 17.4. The molecule has 2 aromatic heterocycles. The van der Waals surface area contributed by atoms with Crippen molar-refractivity contribution in [1.29, 1.82) is 0 Å². The molecule has 18 heteroatoms. The standard InChI is InChI=1S/C18H20N10O5S3/c19-17-21-12(25-36-17)9(24-33-8-3-1-2-4-8)13(29)20-10-14(30)28-11(16(31)32)7(5-34-15(10)28)6-35-18-22-26-27-23-18/h8,10,15H,1-6H2,(H,20,29)(H,31,32)(H2,19,21,25)(H,22,23,26,27)/b24-9+. The summed E-state index contributed by atoms with van der Waals surface area (Å²) >= 11 is 3.46. The first-order valence-electron chi connectivity index (χ1n) is 10.8. The molecule has 1 saturated carbocycles. The van der Waals surface area contributed by atoms with E-state index in [-0.39, 0.29) is 34.2 Å². The molecular weight excluding hydrogens is 532 g/mol. The number of fused-ring (bicyclic) bond motifs is 1. The van der Waals surface area contributed by atoms with Crippen LogP contribution in [0.15, 0.2) is 21.6 Å². The third kappa shape index (κ3) is 4.87. The molecule has 0 aromatic carbocycles. The van der Waals surface area contributed by atoms with Gasteiger partial charge >= 0.3 is 5.97 Å². The Balaban J connectivity index is 1.30. The largest absolute Gasteiger partial charge is 0.477 e. The summed E-state index contributed by atoms with van der Waals surface area (Å²) < 4.78 is 4.05. The van der Waals surface area contributed by atoms with Gasteiger partial charge in [-0.05, 0) is 36.5 Å². The second-order valence-electron chi connectivity index (χ2n) is 8.01. The lowest BCUT2D eigenvalue weighted by molar-refractivity contribution is -0.150. The van der Waals surface area contributed by atoms with Crippen LogP contribution in [0.1, 0.15) is 31.5 Å². The van der Waals surface area contributed by atoms with Crippen LogP contribution in [0.2, 0.25) is 0 Å². The highest BCUT2D eigenvalue weighted by molar-refractivity contribution is 8.01. The Labute approximate surface area is 215 Å². The number of nitrogen functional groups attached to an aromatic ring is 1. The van der Waals surface area contributed by atoms with Crippen LogP contribution in [0.5, 0.6) is 0 Å². The maximum absolute atomic E-state index is 13.1. The zero-order chi connectivity index (χ0) is 25.2. The number of hydrogen-bond acceptors (Lipinski definition) is 14. The number of amides is 2. The average Bonchev–Trinajstić information content (AvgIpc) is 3.64. The molecule has 2 atom stereocenters. The minimum Gasteiger partial charge on any atom is -0.477 e. The Kier molecular flexibility index (Phi) is 7.06. The summed E-state index contributed by atoms with van der Waals surface area (Å²) in [6, 6.07) is -0.948. The zero-order valence-electron chi connectivity index (χ0n) is 18.5. The Hall–Kier alpha value is -3.25. The fourth-order valence-corrected chi connectivity index (χ4v) is 6.66. The summed E-state index contributed by atoms with van der Waals surface area (Å²) in [7, 11) is 0. The number of H-pyrrole nitrogens is 1. The summed E-state index contributed by atoms with van der Waals surface area (Å²) in [5, 5.41) is 29.9. The second-order valence-corrected chi connectivity index (χ2v) is 10.8. The maximum atomic E-state index is 13.1. The van der Waals surface area contributed by atoms with Gasteiger partial charge in [-0.15, -0.1) is 22.0 Å². The molecule has 0 bridgehead atoms. The number of tetrazole rings is 1. The molecule has 2 fully saturated rings. The molecule has 5 N–H and O–H groups in total. The Morgan fingerprint density at radius 3 is 2.83 bits per heavy atom. The molecule has 2 aromatic rings. The lowest BCUT2D eigenvalue weighted by Gasteiger charge is -2.49. The van der Waals surface area contributed by atoms with Gasteiger partial charge in [-0.1, -0.05) is 16.9 Å². The number of thioether (sulfide) groups is 2. The number of carbonyl (C=O) groups is 3. The highest BCUT2D eigenvalue weighted by atomic mass is 32.2. The maximum Gasteiger partial charge on any atom is 0.352 e. The summed E-state index contributed by atoms with van der Waals surface area (Å²) in [6.45, 7) is 0. The van der Waals surface area contributed by atoms with E-state index in [9.17, 15) is 19.5 Å². The van der Waals surface area contributed by atoms with Crippen LogP contribution in [0.25, 0.3) is 0 Å². The van der Waals surface area contributed by atoms with Crippen molar-refractivity contribution in [2.45, 2.75) is 48.4 Å². The van der Waals surface area contributed by atoms with Gasteiger partial charge in [-0.3, -0.25) is 14.5 Å². The topological polar surface area (TPSA) is 215 Å². The first kappa shape index (κ1) is 24.4. The smallest absolute Gasteiger partial charge is 0.352 e. The number of nitrogens with two attached hydrogens (primary N) is 1. The number of carboxylic acids is 1. The first-order valence-corrected chi connectivity index (χ1v) is 13.6. The highest BCUT2D eigenvalue weighted by Gasteiger charge is 2.54. The number of aliphatic carboxylic acids is 1. The zero-order valence-corrected chi connectivity index (χ0v) is 20.9. The Morgan fingerprint density at radius 1 is 1.36 bits per heavy atom. The molecule has 36 heavy (non-hydrogen) atoms. The van der Waals surface area contributed by atoms with Crippen molar-refractivity contribution in [2.75, 3.05) is 17.2 Å². The van der Waals surface area contributed by atoms with Gasteiger partial charge in [0.05, 0.1) is 0 Å². The summed E-state index contributed by atoms with van der Waals surface area (Å²) in [6.07, 6.45) is 3.59. The van der Waals surface area contributed by atoms with Gasteiger partial charge in [0.2, 0.25) is 16.7 Å². The van der Waals surface area contributed by atoms with Crippen LogP contribution in [0.4, 0.5) is 5.13 Å². The number of carboxylic acid groups (broad SMARTS) is 1. The highest BCUT2D eigenvalue weighted by Crippen LogP contribution is 2.41. The summed E-state index contributed by atoms with van der Waals surface area (Å²) in [5.74, 6) is -1.85. The number of nitrogens with one attached hydrogen (secondary N) is 2. The average molecular weight is 553 g/mol. The molecule has 2 unspecified atom stereocenters. The molecule has 0 radical (unpaired) electrons. The predicted octanol–water partition coefficient (Wildman–Crippen LogP) is -0.172. The fraction of sp³-hybridized carbons (Fsp3) is 0.500. The van der Waals surface area contributed by atoms with E-state index in [1.54, 1.807) is 0 Å². The number of aromatic nitrogens is 6. The van der Waals surface area contributed by atoms with Crippen molar-refractivity contribution in [3.63, 3.8) is 0 Å². The molecule has 4 heterocycles. The SMILES string of the molecule is Nc1nc(/C(=N\OC2CCCC2)C(=O)NC2C(=O)N3C(C(=O)O)=C(CSc4nn[nH]n4)CSC23)ns1.